The van der Waals surface area contributed by atoms with Gasteiger partial charge in [-0.1, -0.05) is 12.1 Å². The van der Waals surface area contributed by atoms with Crippen molar-refractivity contribution in [1.82, 2.24) is 10.2 Å². The second-order valence-electron chi connectivity index (χ2n) is 3.06. The van der Waals surface area contributed by atoms with Crippen molar-refractivity contribution in [3.8, 4) is 0 Å². The van der Waals surface area contributed by atoms with Gasteiger partial charge in [0.25, 0.3) is 0 Å². The first-order chi connectivity index (χ1) is 6.77. The molecule has 0 bridgehead atoms. The number of aromatic amines is 1. The molecule has 1 atom stereocenters. The van der Waals surface area contributed by atoms with Gasteiger partial charge in [0.05, 0.1) is 12.2 Å². The Kier molecular flexibility index (Phi) is 2.28. The molecule has 0 saturated carbocycles. The first kappa shape index (κ1) is 8.90. The standard InChI is InChI=1S/C10H10FN3/c11-9-3-1-7(2-4-9)10(12)8-5-13-14-6-8/h1-6,10H,12H2,(H,13,14). The van der Waals surface area contributed by atoms with Crippen LogP contribution in [0.2, 0.25) is 0 Å². The molecule has 1 heterocycles. The summed E-state index contributed by atoms with van der Waals surface area (Å²) in [5.41, 5.74) is 7.68. The molecule has 2 rings (SSSR count). The fraction of sp³-hybridized carbons (Fsp3) is 0.100. The molecule has 1 aromatic carbocycles. The summed E-state index contributed by atoms with van der Waals surface area (Å²) >= 11 is 0. The Balaban J connectivity index is 2.28. The third-order valence-electron chi connectivity index (χ3n) is 2.11. The summed E-state index contributed by atoms with van der Waals surface area (Å²) in [6, 6.07) is 5.89. The van der Waals surface area contributed by atoms with Crippen molar-refractivity contribution >= 4 is 0 Å². The summed E-state index contributed by atoms with van der Waals surface area (Å²) in [5, 5.41) is 6.49. The fourth-order valence-corrected chi connectivity index (χ4v) is 1.29. The maximum atomic E-state index is 12.6. The van der Waals surface area contributed by atoms with Crippen LogP contribution in [0.3, 0.4) is 0 Å². The molecule has 72 valence electrons. The number of nitrogens with zero attached hydrogens (tertiary/aromatic N) is 1. The first-order valence-electron chi connectivity index (χ1n) is 4.27. The maximum Gasteiger partial charge on any atom is 0.123 e. The average molecular weight is 191 g/mol. The van der Waals surface area contributed by atoms with Gasteiger partial charge in [0.15, 0.2) is 0 Å². The Morgan fingerprint density at radius 2 is 1.93 bits per heavy atom. The van der Waals surface area contributed by atoms with Crippen LogP contribution in [0, 0.1) is 5.82 Å². The van der Waals surface area contributed by atoms with Gasteiger partial charge in [0, 0.05) is 11.8 Å². The van der Waals surface area contributed by atoms with E-state index in [-0.39, 0.29) is 11.9 Å². The van der Waals surface area contributed by atoms with Crippen molar-refractivity contribution in [1.29, 1.82) is 0 Å². The number of benzene rings is 1. The van der Waals surface area contributed by atoms with Crippen LogP contribution < -0.4 is 5.73 Å². The van der Waals surface area contributed by atoms with Gasteiger partial charge >= 0.3 is 0 Å². The second kappa shape index (κ2) is 3.59. The zero-order chi connectivity index (χ0) is 9.97. The van der Waals surface area contributed by atoms with Crippen LogP contribution >= 0.6 is 0 Å². The molecule has 4 heteroatoms. The van der Waals surface area contributed by atoms with E-state index in [2.05, 4.69) is 10.2 Å². The molecule has 1 aromatic heterocycles. The highest BCUT2D eigenvalue weighted by Crippen LogP contribution is 2.18. The third-order valence-corrected chi connectivity index (χ3v) is 2.11. The van der Waals surface area contributed by atoms with Gasteiger partial charge in [0.1, 0.15) is 5.82 Å². The van der Waals surface area contributed by atoms with Crippen molar-refractivity contribution in [2.24, 2.45) is 5.73 Å². The van der Waals surface area contributed by atoms with Gasteiger partial charge in [-0.3, -0.25) is 5.10 Å². The van der Waals surface area contributed by atoms with Crippen molar-refractivity contribution in [2.75, 3.05) is 0 Å². The molecule has 3 N–H and O–H groups in total. The molecule has 0 amide bonds. The number of nitrogens with one attached hydrogen (secondary N) is 1. The van der Waals surface area contributed by atoms with E-state index in [1.807, 2.05) is 0 Å². The van der Waals surface area contributed by atoms with E-state index >= 15 is 0 Å². The van der Waals surface area contributed by atoms with Gasteiger partial charge in [-0.25, -0.2) is 4.39 Å². The van der Waals surface area contributed by atoms with Gasteiger partial charge in [-0.05, 0) is 17.7 Å². The number of aromatic nitrogens is 2. The van der Waals surface area contributed by atoms with Crippen LogP contribution in [0.25, 0.3) is 0 Å². The van der Waals surface area contributed by atoms with E-state index in [1.54, 1.807) is 24.5 Å². The van der Waals surface area contributed by atoms with E-state index in [9.17, 15) is 4.39 Å². The Hall–Kier alpha value is -1.68. The average Bonchev–Trinajstić information content (AvgIpc) is 2.71. The molecule has 14 heavy (non-hydrogen) atoms. The molecule has 3 nitrogen and oxygen atoms in total. The predicted molar refractivity (Wildman–Crippen MR) is 51.0 cm³/mol. The predicted octanol–water partition coefficient (Wildman–Crippen LogP) is 1.60. The van der Waals surface area contributed by atoms with Crippen LogP contribution in [0.5, 0.6) is 0 Å². The summed E-state index contributed by atoms with van der Waals surface area (Å²) < 4.78 is 12.6. The Morgan fingerprint density at radius 1 is 1.21 bits per heavy atom. The summed E-state index contributed by atoms with van der Waals surface area (Å²) in [7, 11) is 0. The molecule has 0 aliphatic rings. The van der Waals surface area contributed by atoms with Crippen molar-refractivity contribution in [3.63, 3.8) is 0 Å². The monoisotopic (exact) mass is 191 g/mol. The van der Waals surface area contributed by atoms with Crippen molar-refractivity contribution in [3.05, 3.63) is 53.6 Å². The molecule has 0 fully saturated rings. The summed E-state index contributed by atoms with van der Waals surface area (Å²) in [4.78, 5) is 0. The number of nitrogens with two attached hydrogens (primary N) is 1. The van der Waals surface area contributed by atoms with E-state index in [0.717, 1.165) is 11.1 Å². The van der Waals surface area contributed by atoms with Gasteiger partial charge in [-0.15, -0.1) is 0 Å². The Morgan fingerprint density at radius 3 is 2.50 bits per heavy atom. The third kappa shape index (κ3) is 1.65. The molecule has 0 aliphatic heterocycles. The molecule has 0 aliphatic carbocycles. The minimum atomic E-state index is -0.256. The molecule has 0 saturated heterocycles. The molecular formula is C10H10FN3. The minimum absolute atomic E-state index is 0.255. The smallest absolute Gasteiger partial charge is 0.123 e. The van der Waals surface area contributed by atoms with Crippen LogP contribution in [0.4, 0.5) is 4.39 Å². The highest BCUT2D eigenvalue weighted by Gasteiger charge is 2.09. The summed E-state index contributed by atoms with van der Waals surface area (Å²) in [5.74, 6) is -0.256. The second-order valence-corrected chi connectivity index (χ2v) is 3.06. The number of halogens is 1. The summed E-state index contributed by atoms with van der Waals surface area (Å²) in [6.45, 7) is 0. The van der Waals surface area contributed by atoms with E-state index in [4.69, 9.17) is 5.73 Å². The molecular weight excluding hydrogens is 181 g/mol. The highest BCUT2D eigenvalue weighted by atomic mass is 19.1. The van der Waals surface area contributed by atoms with Gasteiger partial charge in [-0.2, -0.15) is 5.10 Å². The molecule has 2 aromatic rings. The van der Waals surface area contributed by atoms with E-state index in [0.29, 0.717) is 0 Å². The van der Waals surface area contributed by atoms with Crippen LogP contribution in [0.15, 0.2) is 36.7 Å². The van der Waals surface area contributed by atoms with Crippen LogP contribution in [0.1, 0.15) is 17.2 Å². The summed E-state index contributed by atoms with van der Waals surface area (Å²) in [6.07, 6.45) is 3.39. The maximum absolute atomic E-state index is 12.6. The van der Waals surface area contributed by atoms with Crippen molar-refractivity contribution in [2.45, 2.75) is 6.04 Å². The quantitative estimate of drug-likeness (QED) is 0.757. The lowest BCUT2D eigenvalue weighted by Gasteiger charge is -2.08. The number of hydrogen-bond donors (Lipinski definition) is 2. The van der Waals surface area contributed by atoms with E-state index < -0.39 is 0 Å². The van der Waals surface area contributed by atoms with Crippen LogP contribution in [-0.4, -0.2) is 10.2 Å². The van der Waals surface area contributed by atoms with Gasteiger partial charge in [0.2, 0.25) is 0 Å². The molecule has 1 unspecified atom stereocenters. The lowest BCUT2D eigenvalue weighted by Crippen LogP contribution is -2.10. The topological polar surface area (TPSA) is 54.7 Å². The highest BCUT2D eigenvalue weighted by molar-refractivity contribution is 5.28. The molecule has 0 radical (unpaired) electrons. The van der Waals surface area contributed by atoms with Crippen molar-refractivity contribution < 1.29 is 4.39 Å². The lowest BCUT2D eigenvalue weighted by molar-refractivity contribution is 0.626. The number of H-pyrrole nitrogens is 1. The zero-order valence-corrected chi connectivity index (χ0v) is 7.44. The number of rotatable bonds is 2. The Bertz CT molecular complexity index is 394. The number of hydrogen-bond acceptors (Lipinski definition) is 2. The Labute approximate surface area is 80.8 Å². The molecule has 0 spiro atoms. The SMILES string of the molecule is NC(c1ccc(F)cc1)c1cn[nH]c1. The van der Waals surface area contributed by atoms with Gasteiger partial charge < -0.3 is 5.73 Å². The minimum Gasteiger partial charge on any atom is -0.320 e. The van der Waals surface area contributed by atoms with Crippen LogP contribution in [-0.2, 0) is 0 Å². The normalized spacial score (nSPS) is 12.7. The fourth-order valence-electron chi connectivity index (χ4n) is 1.29. The lowest BCUT2D eigenvalue weighted by atomic mass is 10.0. The zero-order valence-electron chi connectivity index (χ0n) is 7.44. The first-order valence-corrected chi connectivity index (χ1v) is 4.27. The van der Waals surface area contributed by atoms with E-state index in [1.165, 1.54) is 12.1 Å². The largest absolute Gasteiger partial charge is 0.320 e.